The molecule has 2 aromatic rings. The van der Waals surface area contributed by atoms with E-state index in [0.717, 1.165) is 19.2 Å². The quantitative estimate of drug-likeness (QED) is 0.550. The van der Waals surface area contributed by atoms with Crippen LogP contribution in [0.3, 0.4) is 0 Å². The molecule has 0 aliphatic carbocycles. The Balaban J connectivity index is 1.59. The van der Waals surface area contributed by atoms with E-state index in [1.807, 2.05) is 4.90 Å². The van der Waals surface area contributed by atoms with Gasteiger partial charge < -0.3 is 15.4 Å². The molecule has 2 N–H and O–H groups in total. The van der Waals surface area contributed by atoms with E-state index in [1.54, 1.807) is 24.3 Å². The van der Waals surface area contributed by atoms with E-state index in [4.69, 9.17) is 16.3 Å². The van der Waals surface area contributed by atoms with E-state index in [1.165, 1.54) is 12.1 Å². The number of morpholine rings is 1. The maximum Gasteiger partial charge on any atom is 0.283 e. The van der Waals surface area contributed by atoms with Crippen LogP contribution in [-0.2, 0) is 9.53 Å². The van der Waals surface area contributed by atoms with E-state index in [0.29, 0.717) is 24.6 Å². The molecule has 0 saturated carbocycles. The number of nitrogens with zero attached hydrogens (tertiary/aromatic N) is 2. The first-order valence-corrected chi connectivity index (χ1v) is 9.25. The van der Waals surface area contributed by atoms with Crippen LogP contribution in [0, 0.1) is 10.1 Å². The lowest BCUT2D eigenvalue weighted by Crippen LogP contribution is -2.41. The highest BCUT2D eigenvalue weighted by Crippen LogP contribution is 2.24. The van der Waals surface area contributed by atoms with Crippen molar-refractivity contribution in [2.24, 2.45) is 0 Å². The number of anilines is 2. The zero-order valence-electron chi connectivity index (χ0n) is 15.4. The molecule has 1 aliphatic rings. The van der Waals surface area contributed by atoms with Gasteiger partial charge in [0.2, 0.25) is 5.91 Å². The lowest BCUT2D eigenvalue weighted by molar-refractivity contribution is -0.385. The first-order valence-electron chi connectivity index (χ1n) is 8.87. The van der Waals surface area contributed by atoms with Gasteiger partial charge in [0.15, 0.2) is 0 Å². The molecule has 2 amide bonds. The van der Waals surface area contributed by atoms with Crippen LogP contribution in [0.2, 0.25) is 5.02 Å². The highest BCUT2D eigenvalue weighted by Gasteiger charge is 2.20. The summed E-state index contributed by atoms with van der Waals surface area (Å²) in [6.07, 6.45) is 0. The lowest BCUT2D eigenvalue weighted by Gasteiger charge is -2.25. The number of halogens is 1. The van der Waals surface area contributed by atoms with Crippen molar-refractivity contribution in [1.82, 2.24) is 4.90 Å². The average molecular weight is 419 g/mol. The van der Waals surface area contributed by atoms with Crippen LogP contribution in [0.1, 0.15) is 10.4 Å². The van der Waals surface area contributed by atoms with Gasteiger partial charge in [-0.2, -0.15) is 0 Å². The number of hydrogen-bond acceptors (Lipinski definition) is 6. The molecule has 0 radical (unpaired) electrons. The molecule has 2 aromatic carbocycles. The van der Waals surface area contributed by atoms with Gasteiger partial charge in [-0.15, -0.1) is 0 Å². The van der Waals surface area contributed by atoms with Gasteiger partial charge in [0.25, 0.3) is 11.6 Å². The Bertz CT molecular complexity index is 913. The number of nitro benzene ring substituents is 1. The van der Waals surface area contributed by atoms with Crippen molar-refractivity contribution in [3.05, 3.63) is 63.2 Å². The summed E-state index contributed by atoms with van der Waals surface area (Å²) in [5, 5.41) is 16.7. The zero-order chi connectivity index (χ0) is 20.8. The Labute approximate surface area is 171 Å². The number of carbonyl (C=O) groups is 2. The van der Waals surface area contributed by atoms with Crippen LogP contribution < -0.4 is 10.6 Å². The summed E-state index contributed by atoms with van der Waals surface area (Å²) < 4.78 is 5.25. The second-order valence-corrected chi connectivity index (χ2v) is 6.82. The number of nitro groups is 1. The third-order valence-electron chi connectivity index (χ3n) is 4.30. The van der Waals surface area contributed by atoms with E-state index in [9.17, 15) is 19.7 Å². The summed E-state index contributed by atoms with van der Waals surface area (Å²) >= 11 is 5.77. The standard InChI is InChI=1S/C19H19ClN4O5/c20-13-1-6-16(17(11-13)24(27)28)19(26)22-15-4-2-14(3-5-15)21-18(25)12-23-7-9-29-10-8-23/h1-6,11H,7-10,12H2,(H,21,25)(H,22,26). The molecule has 0 atom stereocenters. The number of nitrogens with one attached hydrogen (secondary N) is 2. The van der Waals surface area contributed by atoms with Crippen molar-refractivity contribution in [3.8, 4) is 0 Å². The Morgan fingerprint density at radius 2 is 1.69 bits per heavy atom. The van der Waals surface area contributed by atoms with E-state index in [-0.39, 0.29) is 28.7 Å². The van der Waals surface area contributed by atoms with Crippen LogP contribution in [0.4, 0.5) is 17.1 Å². The largest absolute Gasteiger partial charge is 0.379 e. The molecule has 3 rings (SSSR count). The van der Waals surface area contributed by atoms with Crippen LogP contribution >= 0.6 is 11.6 Å². The second-order valence-electron chi connectivity index (χ2n) is 6.39. The molecule has 0 aromatic heterocycles. The highest BCUT2D eigenvalue weighted by atomic mass is 35.5. The summed E-state index contributed by atoms with van der Waals surface area (Å²) in [6.45, 7) is 2.95. The fraction of sp³-hybridized carbons (Fsp3) is 0.263. The minimum atomic E-state index is -0.659. The van der Waals surface area contributed by atoms with Gasteiger partial charge in [-0.3, -0.25) is 24.6 Å². The first kappa shape index (κ1) is 20.7. The van der Waals surface area contributed by atoms with Gasteiger partial charge in [0, 0.05) is 35.6 Å². The van der Waals surface area contributed by atoms with Gasteiger partial charge >= 0.3 is 0 Å². The molecule has 0 unspecified atom stereocenters. The molecule has 10 heteroatoms. The normalized spacial score (nSPS) is 14.2. The molecule has 0 bridgehead atoms. The molecule has 152 valence electrons. The molecule has 9 nitrogen and oxygen atoms in total. The minimum Gasteiger partial charge on any atom is -0.379 e. The molecule has 29 heavy (non-hydrogen) atoms. The zero-order valence-corrected chi connectivity index (χ0v) is 16.1. The molecule has 0 spiro atoms. The summed E-state index contributed by atoms with van der Waals surface area (Å²) in [4.78, 5) is 37.0. The van der Waals surface area contributed by atoms with Crippen LogP contribution in [0.5, 0.6) is 0 Å². The molecule has 1 heterocycles. The van der Waals surface area contributed by atoms with Gasteiger partial charge in [-0.05, 0) is 36.4 Å². The smallest absolute Gasteiger partial charge is 0.283 e. The molecule has 1 fully saturated rings. The topological polar surface area (TPSA) is 114 Å². The van der Waals surface area contributed by atoms with Crippen molar-refractivity contribution < 1.29 is 19.2 Å². The molecular weight excluding hydrogens is 400 g/mol. The predicted octanol–water partition coefficient (Wildman–Crippen LogP) is 2.77. The summed E-state index contributed by atoms with van der Waals surface area (Å²) in [5.41, 5.74) is 0.549. The Hall–Kier alpha value is -3.01. The van der Waals surface area contributed by atoms with Crippen LogP contribution in [-0.4, -0.2) is 54.5 Å². The number of rotatable bonds is 6. The third-order valence-corrected chi connectivity index (χ3v) is 4.53. The monoisotopic (exact) mass is 418 g/mol. The lowest BCUT2D eigenvalue weighted by atomic mass is 10.1. The van der Waals surface area contributed by atoms with Crippen LogP contribution in [0.25, 0.3) is 0 Å². The number of hydrogen-bond donors (Lipinski definition) is 2. The Morgan fingerprint density at radius 1 is 1.07 bits per heavy atom. The first-order chi connectivity index (χ1) is 13.9. The molecule has 1 aliphatic heterocycles. The number of benzene rings is 2. The number of carbonyl (C=O) groups excluding carboxylic acids is 2. The summed E-state index contributed by atoms with van der Waals surface area (Å²) in [5.74, 6) is -0.766. The van der Waals surface area contributed by atoms with Crippen LogP contribution in [0.15, 0.2) is 42.5 Å². The summed E-state index contributed by atoms with van der Waals surface area (Å²) in [6, 6.07) is 10.3. The van der Waals surface area contributed by atoms with E-state index in [2.05, 4.69) is 10.6 Å². The van der Waals surface area contributed by atoms with Crippen molar-refractivity contribution in [3.63, 3.8) is 0 Å². The van der Waals surface area contributed by atoms with Gasteiger partial charge in [0.1, 0.15) is 5.56 Å². The van der Waals surface area contributed by atoms with Crippen molar-refractivity contribution in [2.45, 2.75) is 0 Å². The Kier molecular flexibility index (Phi) is 6.76. The molecular formula is C19H19ClN4O5. The SMILES string of the molecule is O=C(CN1CCOCC1)Nc1ccc(NC(=O)c2ccc(Cl)cc2[N+](=O)[O-])cc1. The minimum absolute atomic E-state index is 0.0951. The van der Waals surface area contributed by atoms with Gasteiger partial charge in [-0.1, -0.05) is 11.6 Å². The van der Waals surface area contributed by atoms with E-state index < -0.39 is 10.8 Å². The maximum absolute atomic E-state index is 12.4. The average Bonchev–Trinajstić information content (AvgIpc) is 2.70. The summed E-state index contributed by atoms with van der Waals surface area (Å²) in [7, 11) is 0. The number of ether oxygens (including phenoxy) is 1. The maximum atomic E-state index is 12.4. The highest BCUT2D eigenvalue weighted by molar-refractivity contribution is 6.31. The fourth-order valence-corrected chi connectivity index (χ4v) is 3.01. The van der Waals surface area contributed by atoms with Crippen molar-refractivity contribution in [2.75, 3.05) is 43.5 Å². The molecule has 1 saturated heterocycles. The second kappa shape index (κ2) is 9.46. The van der Waals surface area contributed by atoms with Gasteiger partial charge in [-0.25, -0.2) is 0 Å². The van der Waals surface area contributed by atoms with Crippen molar-refractivity contribution in [1.29, 1.82) is 0 Å². The van der Waals surface area contributed by atoms with Crippen molar-refractivity contribution >= 4 is 40.5 Å². The Morgan fingerprint density at radius 3 is 2.31 bits per heavy atom. The fourth-order valence-electron chi connectivity index (χ4n) is 2.85. The van der Waals surface area contributed by atoms with Gasteiger partial charge in [0.05, 0.1) is 24.7 Å². The van der Waals surface area contributed by atoms with E-state index >= 15 is 0 Å². The third kappa shape index (κ3) is 5.74. The number of amides is 2. The predicted molar refractivity (Wildman–Crippen MR) is 108 cm³/mol.